The molecule has 0 saturated carbocycles. The molecule has 0 saturated heterocycles. The summed E-state index contributed by atoms with van der Waals surface area (Å²) in [5.41, 5.74) is 10.6. The molecular weight excluding hydrogens is 320 g/mol. The number of oxazole rings is 1. The second-order valence-corrected chi connectivity index (χ2v) is 5.66. The van der Waals surface area contributed by atoms with Crippen molar-refractivity contribution in [3.05, 3.63) is 68.1 Å². The van der Waals surface area contributed by atoms with Crippen molar-refractivity contribution in [3.63, 3.8) is 0 Å². The lowest BCUT2D eigenvalue weighted by atomic mass is 9.96. The number of aromatic amines is 1. The lowest BCUT2D eigenvalue weighted by molar-refractivity contribution is 0.555. The first-order valence-electron chi connectivity index (χ1n) is 6.19. The standard InChI is InChI=1S/C15H13BrN2O2/c1-8-6-10(16)3-4-11(8)14(17)9-2-5-12-13(7-9)20-15(19)18-12/h2-7,14H,17H2,1H3,(H,18,19). The van der Waals surface area contributed by atoms with Gasteiger partial charge in [-0.15, -0.1) is 0 Å². The minimum absolute atomic E-state index is 0.257. The monoisotopic (exact) mass is 332 g/mol. The summed E-state index contributed by atoms with van der Waals surface area (Å²) in [5, 5.41) is 0. The molecule has 102 valence electrons. The average Bonchev–Trinajstić information content (AvgIpc) is 2.77. The molecule has 0 aliphatic carbocycles. The molecule has 1 atom stereocenters. The van der Waals surface area contributed by atoms with Gasteiger partial charge in [-0.1, -0.05) is 28.1 Å². The van der Waals surface area contributed by atoms with Gasteiger partial charge in [-0.25, -0.2) is 4.79 Å². The fraction of sp³-hybridized carbons (Fsp3) is 0.133. The van der Waals surface area contributed by atoms with Crippen LogP contribution in [0.1, 0.15) is 22.7 Å². The van der Waals surface area contributed by atoms with Crippen molar-refractivity contribution >= 4 is 27.0 Å². The van der Waals surface area contributed by atoms with Crippen LogP contribution in [0.25, 0.3) is 11.1 Å². The fourth-order valence-electron chi connectivity index (χ4n) is 2.32. The van der Waals surface area contributed by atoms with Crippen LogP contribution in [0.5, 0.6) is 0 Å². The van der Waals surface area contributed by atoms with Gasteiger partial charge in [0.25, 0.3) is 0 Å². The number of benzene rings is 2. The predicted octanol–water partition coefficient (Wildman–Crippen LogP) is 3.24. The Kier molecular flexibility index (Phi) is 3.23. The van der Waals surface area contributed by atoms with E-state index in [0.717, 1.165) is 21.2 Å². The molecule has 3 rings (SSSR count). The second-order valence-electron chi connectivity index (χ2n) is 4.75. The molecule has 5 heteroatoms. The van der Waals surface area contributed by atoms with Gasteiger partial charge in [-0.3, -0.25) is 4.98 Å². The number of H-pyrrole nitrogens is 1. The van der Waals surface area contributed by atoms with Gasteiger partial charge in [-0.05, 0) is 47.9 Å². The largest absolute Gasteiger partial charge is 0.417 e. The molecule has 0 amide bonds. The lowest BCUT2D eigenvalue weighted by Gasteiger charge is -2.15. The van der Waals surface area contributed by atoms with Gasteiger partial charge in [0.15, 0.2) is 5.58 Å². The molecule has 1 unspecified atom stereocenters. The normalized spacial score (nSPS) is 12.8. The smallest absolute Gasteiger partial charge is 0.408 e. The van der Waals surface area contributed by atoms with Crippen LogP contribution < -0.4 is 11.5 Å². The Hall–Kier alpha value is -1.85. The Labute approximate surface area is 123 Å². The minimum atomic E-state index is -0.453. The summed E-state index contributed by atoms with van der Waals surface area (Å²) < 4.78 is 6.10. The van der Waals surface area contributed by atoms with Crippen LogP contribution in [-0.4, -0.2) is 4.98 Å². The fourth-order valence-corrected chi connectivity index (χ4v) is 2.80. The van der Waals surface area contributed by atoms with E-state index < -0.39 is 5.76 Å². The topological polar surface area (TPSA) is 72.0 Å². The number of halogens is 1. The SMILES string of the molecule is Cc1cc(Br)ccc1C(N)c1ccc2[nH]c(=O)oc2c1. The van der Waals surface area contributed by atoms with Crippen molar-refractivity contribution in [2.75, 3.05) is 0 Å². The molecule has 0 aliphatic rings. The van der Waals surface area contributed by atoms with Crippen LogP contribution in [-0.2, 0) is 0 Å². The third-order valence-corrected chi connectivity index (χ3v) is 3.86. The number of aromatic nitrogens is 1. The van der Waals surface area contributed by atoms with Gasteiger partial charge in [-0.2, -0.15) is 0 Å². The molecule has 0 radical (unpaired) electrons. The van der Waals surface area contributed by atoms with E-state index in [4.69, 9.17) is 10.2 Å². The van der Waals surface area contributed by atoms with Gasteiger partial charge in [0.1, 0.15) is 0 Å². The number of aryl methyl sites for hydroxylation is 1. The molecule has 2 aromatic carbocycles. The van der Waals surface area contributed by atoms with E-state index >= 15 is 0 Å². The van der Waals surface area contributed by atoms with Gasteiger partial charge in [0.2, 0.25) is 0 Å². The predicted molar refractivity (Wildman–Crippen MR) is 81.7 cm³/mol. The summed E-state index contributed by atoms with van der Waals surface area (Å²) in [4.78, 5) is 13.8. The number of hydrogen-bond acceptors (Lipinski definition) is 3. The Morgan fingerprint density at radius 3 is 2.80 bits per heavy atom. The first-order valence-corrected chi connectivity index (χ1v) is 6.98. The highest BCUT2D eigenvalue weighted by Gasteiger charge is 2.13. The van der Waals surface area contributed by atoms with Crippen LogP contribution in [0.4, 0.5) is 0 Å². The molecular formula is C15H13BrN2O2. The highest BCUT2D eigenvalue weighted by atomic mass is 79.9. The quantitative estimate of drug-likeness (QED) is 0.756. The summed E-state index contributed by atoms with van der Waals surface area (Å²) in [5.74, 6) is -0.453. The van der Waals surface area contributed by atoms with E-state index in [1.807, 2.05) is 37.3 Å². The number of fused-ring (bicyclic) bond motifs is 1. The van der Waals surface area contributed by atoms with Crippen molar-refractivity contribution in [1.29, 1.82) is 0 Å². The molecule has 3 aromatic rings. The summed E-state index contributed by atoms with van der Waals surface area (Å²) in [6, 6.07) is 11.3. The zero-order valence-corrected chi connectivity index (χ0v) is 12.4. The van der Waals surface area contributed by atoms with Crippen molar-refractivity contribution in [3.8, 4) is 0 Å². The van der Waals surface area contributed by atoms with E-state index in [-0.39, 0.29) is 6.04 Å². The van der Waals surface area contributed by atoms with E-state index in [1.54, 1.807) is 6.07 Å². The van der Waals surface area contributed by atoms with Gasteiger partial charge in [0, 0.05) is 4.47 Å². The summed E-state index contributed by atoms with van der Waals surface area (Å²) >= 11 is 3.44. The Morgan fingerprint density at radius 2 is 2.05 bits per heavy atom. The first kappa shape index (κ1) is 13.1. The molecule has 4 nitrogen and oxygen atoms in total. The second kappa shape index (κ2) is 4.92. The lowest BCUT2D eigenvalue weighted by Crippen LogP contribution is -2.13. The van der Waals surface area contributed by atoms with E-state index in [1.165, 1.54) is 0 Å². The molecule has 0 fully saturated rings. The van der Waals surface area contributed by atoms with Crippen LogP contribution in [0.3, 0.4) is 0 Å². The maximum atomic E-state index is 11.2. The van der Waals surface area contributed by atoms with Gasteiger partial charge in [0.05, 0.1) is 11.6 Å². The molecule has 0 aliphatic heterocycles. The number of nitrogens with two attached hydrogens (primary N) is 1. The summed E-state index contributed by atoms with van der Waals surface area (Å²) in [6.45, 7) is 2.02. The molecule has 20 heavy (non-hydrogen) atoms. The van der Waals surface area contributed by atoms with Crippen molar-refractivity contribution in [2.45, 2.75) is 13.0 Å². The molecule has 0 spiro atoms. The van der Waals surface area contributed by atoms with Crippen molar-refractivity contribution in [1.82, 2.24) is 4.98 Å². The van der Waals surface area contributed by atoms with Crippen molar-refractivity contribution in [2.24, 2.45) is 5.73 Å². The zero-order valence-electron chi connectivity index (χ0n) is 10.8. The van der Waals surface area contributed by atoms with Crippen LogP contribution in [0, 0.1) is 6.92 Å². The number of hydrogen-bond donors (Lipinski definition) is 2. The maximum absolute atomic E-state index is 11.2. The zero-order chi connectivity index (χ0) is 14.3. The highest BCUT2D eigenvalue weighted by molar-refractivity contribution is 9.10. The highest BCUT2D eigenvalue weighted by Crippen LogP contribution is 2.26. The number of nitrogens with one attached hydrogen (secondary N) is 1. The molecule has 1 heterocycles. The summed E-state index contributed by atoms with van der Waals surface area (Å²) in [6.07, 6.45) is 0. The van der Waals surface area contributed by atoms with E-state index in [0.29, 0.717) is 11.1 Å². The average molecular weight is 333 g/mol. The molecule has 0 bridgehead atoms. The Balaban J connectivity index is 2.06. The third kappa shape index (κ3) is 2.30. The van der Waals surface area contributed by atoms with E-state index in [2.05, 4.69) is 20.9 Å². The summed E-state index contributed by atoms with van der Waals surface area (Å²) in [7, 11) is 0. The number of rotatable bonds is 2. The Morgan fingerprint density at radius 1 is 1.25 bits per heavy atom. The maximum Gasteiger partial charge on any atom is 0.417 e. The van der Waals surface area contributed by atoms with Gasteiger partial charge >= 0.3 is 5.76 Å². The first-order chi connectivity index (χ1) is 9.54. The van der Waals surface area contributed by atoms with Gasteiger partial charge < -0.3 is 10.2 Å². The minimum Gasteiger partial charge on any atom is -0.408 e. The molecule has 1 aromatic heterocycles. The van der Waals surface area contributed by atoms with Crippen LogP contribution in [0.2, 0.25) is 0 Å². The van der Waals surface area contributed by atoms with Crippen molar-refractivity contribution < 1.29 is 4.42 Å². The van der Waals surface area contributed by atoms with Crippen LogP contribution >= 0.6 is 15.9 Å². The third-order valence-electron chi connectivity index (χ3n) is 3.37. The Bertz CT molecular complexity index is 835. The van der Waals surface area contributed by atoms with Crippen LogP contribution in [0.15, 0.2) is 50.1 Å². The van der Waals surface area contributed by atoms with E-state index in [9.17, 15) is 4.79 Å². The molecule has 3 N–H and O–H groups in total.